The Hall–Kier alpha value is -3.02. The average molecular weight is 424 g/mol. The average Bonchev–Trinajstić information content (AvgIpc) is 2.79. The van der Waals surface area contributed by atoms with E-state index in [1.165, 1.54) is 5.56 Å². The summed E-state index contributed by atoms with van der Waals surface area (Å²) in [7, 11) is 1.58. The lowest BCUT2D eigenvalue weighted by Gasteiger charge is -2.43. The van der Waals surface area contributed by atoms with Gasteiger partial charge in [-0.2, -0.15) is 0 Å². The Balaban J connectivity index is 1.31. The summed E-state index contributed by atoms with van der Waals surface area (Å²) < 4.78 is 17.2. The molecule has 0 unspecified atom stereocenters. The molecule has 0 radical (unpaired) electrons. The Kier molecular flexibility index (Phi) is 6.16. The molecule has 31 heavy (non-hydrogen) atoms. The molecule has 1 amide bonds. The molecule has 6 heteroatoms. The molecule has 1 fully saturated rings. The van der Waals surface area contributed by atoms with Crippen LogP contribution in [0.5, 0.6) is 17.2 Å². The highest BCUT2D eigenvalue weighted by molar-refractivity contribution is 6.00. The van der Waals surface area contributed by atoms with Crippen LogP contribution in [0.1, 0.15) is 48.5 Å². The van der Waals surface area contributed by atoms with Crippen LogP contribution in [-0.4, -0.2) is 49.0 Å². The lowest BCUT2D eigenvalue weighted by Crippen LogP contribution is -2.53. The van der Waals surface area contributed by atoms with Gasteiger partial charge in [0.05, 0.1) is 19.1 Å². The lowest BCUT2D eigenvalue weighted by molar-refractivity contribution is -0.136. The zero-order chi connectivity index (χ0) is 21.8. The number of likely N-dealkylation sites (tertiary alicyclic amines) is 1. The minimum atomic E-state index is -0.536. The molecule has 0 bridgehead atoms. The van der Waals surface area contributed by atoms with Gasteiger partial charge in [0.15, 0.2) is 12.4 Å². The molecule has 0 saturated carbocycles. The Morgan fingerprint density at radius 3 is 2.48 bits per heavy atom. The number of aryl methyl sites for hydroxylation is 1. The quantitative estimate of drug-likeness (QED) is 0.701. The normalized spacial score (nSPS) is 17.1. The number of benzene rings is 2. The van der Waals surface area contributed by atoms with E-state index in [0.717, 1.165) is 12.8 Å². The van der Waals surface area contributed by atoms with Gasteiger partial charge in [-0.05, 0) is 42.3 Å². The molecule has 0 aliphatic carbocycles. The highest BCUT2D eigenvalue weighted by Gasteiger charge is 2.43. The van der Waals surface area contributed by atoms with Crippen molar-refractivity contribution in [3.63, 3.8) is 0 Å². The fourth-order valence-corrected chi connectivity index (χ4v) is 4.32. The number of methoxy groups -OCH3 is 1. The molecule has 2 heterocycles. The van der Waals surface area contributed by atoms with Crippen molar-refractivity contribution >= 4 is 11.7 Å². The zero-order valence-corrected chi connectivity index (χ0v) is 18.2. The van der Waals surface area contributed by atoms with Crippen LogP contribution in [0, 0.1) is 0 Å². The van der Waals surface area contributed by atoms with Gasteiger partial charge in [-0.1, -0.05) is 25.5 Å². The highest BCUT2D eigenvalue weighted by Crippen LogP contribution is 2.40. The summed E-state index contributed by atoms with van der Waals surface area (Å²) in [5, 5.41) is 0. The van der Waals surface area contributed by atoms with Crippen LogP contribution < -0.4 is 14.2 Å². The Morgan fingerprint density at radius 1 is 1.10 bits per heavy atom. The molecule has 6 nitrogen and oxygen atoms in total. The van der Waals surface area contributed by atoms with Crippen molar-refractivity contribution < 1.29 is 23.8 Å². The van der Waals surface area contributed by atoms with Crippen molar-refractivity contribution in [3.8, 4) is 17.2 Å². The van der Waals surface area contributed by atoms with Gasteiger partial charge in [-0.3, -0.25) is 9.59 Å². The van der Waals surface area contributed by atoms with Crippen LogP contribution in [0.15, 0.2) is 42.5 Å². The highest BCUT2D eigenvalue weighted by atomic mass is 16.5. The number of fused-ring (bicyclic) bond motifs is 1. The first kappa shape index (κ1) is 21.2. The summed E-state index contributed by atoms with van der Waals surface area (Å²) in [5.74, 6) is 1.98. The summed E-state index contributed by atoms with van der Waals surface area (Å²) >= 11 is 0. The van der Waals surface area contributed by atoms with Gasteiger partial charge in [0.1, 0.15) is 22.8 Å². The third-order valence-electron chi connectivity index (χ3n) is 6.15. The van der Waals surface area contributed by atoms with Crippen molar-refractivity contribution in [3.05, 3.63) is 53.6 Å². The maximum absolute atomic E-state index is 12.7. The summed E-state index contributed by atoms with van der Waals surface area (Å²) in [4.78, 5) is 27.2. The fraction of sp³-hybridized carbons (Fsp3) is 0.440. The van der Waals surface area contributed by atoms with Crippen molar-refractivity contribution in [2.75, 3.05) is 26.8 Å². The fourth-order valence-electron chi connectivity index (χ4n) is 4.32. The van der Waals surface area contributed by atoms with E-state index in [1.807, 2.05) is 24.3 Å². The number of hydrogen-bond acceptors (Lipinski definition) is 5. The topological polar surface area (TPSA) is 65.1 Å². The number of hydrogen-bond donors (Lipinski definition) is 0. The molecule has 2 aromatic carbocycles. The molecule has 4 rings (SSSR count). The number of ketones is 1. The van der Waals surface area contributed by atoms with E-state index in [4.69, 9.17) is 14.2 Å². The Morgan fingerprint density at radius 2 is 1.81 bits per heavy atom. The van der Waals surface area contributed by atoms with Gasteiger partial charge < -0.3 is 19.1 Å². The predicted molar refractivity (Wildman–Crippen MR) is 117 cm³/mol. The number of nitrogens with zero attached hydrogens (tertiary/aromatic N) is 1. The van der Waals surface area contributed by atoms with E-state index < -0.39 is 5.60 Å². The standard InChI is InChI=1S/C25H29NO5/c1-3-4-18-5-7-19(8-6-18)30-17-24(28)26-13-11-25(12-14-26)16-22(27)21-15-20(29-2)9-10-23(21)31-25/h5-10,15H,3-4,11-14,16-17H2,1-2H3. The van der Waals surface area contributed by atoms with Gasteiger partial charge in [0.25, 0.3) is 5.91 Å². The second kappa shape index (κ2) is 9.00. The third-order valence-corrected chi connectivity index (χ3v) is 6.15. The summed E-state index contributed by atoms with van der Waals surface area (Å²) in [6, 6.07) is 13.2. The van der Waals surface area contributed by atoms with Crippen LogP contribution in [0.25, 0.3) is 0 Å². The third kappa shape index (κ3) is 4.68. The first-order valence-corrected chi connectivity index (χ1v) is 10.9. The van der Waals surface area contributed by atoms with E-state index in [1.54, 1.807) is 30.2 Å². The van der Waals surface area contributed by atoms with Gasteiger partial charge >= 0.3 is 0 Å². The van der Waals surface area contributed by atoms with Crippen LogP contribution in [0.4, 0.5) is 0 Å². The van der Waals surface area contributed by atoms with Gasteiger partial charge in [-0.15, -0.1) is 0 Å². The van der Waals surface area contributed by atoms with Crippen molar-refractivity contribution in [2.45, 2.75) is 44.6 Å². The van der Waals surface area contributed by atoms with Gasteiger partial charge in [-0.25, -0.2) is 0 Å². The SMILES string of the molecule is CCCc1ccc(OCC(=O)N2CCC3(CC2)CC(=O)c2cc(OC)ccc2O3)cc1. The van der Waals surface area contributed by atoms with E-state index in [-0.39, 0.29) is 18.3 Å². The minimum Gasteiger partial charge on any atom is -0.497 e. The van der Waals surface area contributed by atoms with E-state index in [2.05, 4.69) is 6.92 Å². The molecular weight excluding hydrogens is 394 g/mol. The number of rotatable bonds is 6. The second-order valence-corrected chi connectivity index (χ2v) is 8.31. The molecule has 2 aliphatic heterocycles. The summed E-state index contributed by atoms with van der Waals surface area (Å²) in [5.41, 5.74) is 1.30. The molecule has 0 atom stereocenters. The van der Waals surface area contributed by atoms with E-state index >= 15 is 0 Å². The molecule has 2 aromatic rings. The lowest BCUT2D eigenvalue weighted by atomic mass is 9.82. The van der Waals surface area contributed by atoms with Crippen LogP contribution in [-0.2, 0) is 11.2 Å². The number of amides is 1. The number of piperidine rings is 1. The summed E-state index contributed by atoms with van der Waals surface area (Å²) in [6.45, 7) is 3.27. The summed E-state index contributed by atoms with van der Waals surface area (Å²) in [6.07, 6.45) is 3.72. The Labute approximate surface area is 183 Å². The maximum atomic E-state index is 12.7. The van der Waals surface area contributed by atoms with Crippen LogP contribution >= 0.6 is 0 Å². The first-order chi connectivity index (χ1) is 15.0. The second-order valence-electron chi connectivity index (χ2n) is 8.31. The van der Waals surface area contributed by atoms with Gasteiger partial charge in [0, 0.05) is 25.9 Å². The number of carbonyl (C=O) groups is 2. The number of Topliss-reactive ketones (excluding diaryl/α,β-unsaturated/α-hetero) is 1. The molecule has 164 valence electrons. The smallest absolute Gasteiger partial charge is 0.260 e. The van der Waals surface area contributed by atoms with Crippen LogP contribution in [0.3, 0.4) is 0 Å². The molecule has 2 aliphatic rings. The zero-order valence-electron chi connectivity index (χ0n) is 18.2. The Bertz CT molecular complexity index is 945. The minimum absolute atomic E-state index is 0.0164. The monoisotopic (exact) mass is 423 g/mol. The predicted octanol–water partition coefficient (Wildman–Crippen LogP) is 4.05. The van der Waals surface area contributed by atoms with Crippen LogP contribution in [0.2, 0.25) is 0 Å². The largest absolute Gasteiger partial charge is 0.497 e. The van der Waals surface area contributed by atoms with E-state index in [9.17, 15) is 9.59 Å². The molecule has 1 spiro atoms. The molecule has 0 N–H and O–H groups in total. The van der Waals surface area contributed by atoms with E-state index in [0.29, 0.717) is 55.2 Å². The molecular formula is C25H29NO5. The first-order valence-electron chi connectivity index (χ1n) is 10.9. The number of carbonyl (C=O) groups excluding carboxylic acids is 2. The van der Waals surface area contributed by atoms with Crippen molar-refractivity contribution in [2.24, 2.45) is 0 Å². The van der Waals surface area contributed by atoms with Crippen molar-refractivity contribution in [1.29, 1.82) is 0 Å². The molecule has 0 aromatic heterocycles. The number of ether oxygens (including phenoxy) is 3. The molecule has 1 saturated heterocycles. The van der Waals surface area contributed by atoms with Crippen molar-refractivity contribution in [1.82, 2.24) is 4.90 Å². The maximum Gasteiger partial charge on any atom is 0.260 e. The van der Waals surface area contributed by atoms with Gasteiger partial charge in [0.2, 0.25) is 0 Å².